The molecule has 1 aliphatic heterocycles. The number of carbonyl (C=O) groups is 1. The van der Waals surface area contributed by atoms with E-state index in [-0.39, 0.29) is 12.4 Å². The molecule has 5 nitrogen and oxygen atoms in total. The molecule has 23 heavy (non-hydrogen) atoms. The summed E-state index contributed by atoms with van der Waals surface area (Å²) < 4.78 is 10.7. The molecule has 5 heteroatoms. The Morgan fingerprint density at radius 1 is 1.22 bits per heavy atom. The quantitative estimate of drug-likeness (QED) is 0.698. The van der Waals surface area contributed by atoms with Gasteiger partial charge in [-0.1, -0.05) is 30.3 Å². The summed E-state index contributed by atoms with van der Waals surface area (Å²) in [5.74, 6) is 0.692. The SMILES string of the molecule is Cc1ccccc1NC(=O)C(C#N)=Cc1cccc2c1OCO2. The Kier molecular flexibility index (Phi) is 3.98. The van der Waals surface area contributed by atoms with Crippen LogP contribution in [-0.4, -0.2) is 12.7 Å². The maximum Gasteiger partial charge on any atom is 0.266 e. The summed E-state index contributed by atoms with van der Waals surface area (Å²) in [5.41, 5.74) is 2.24. The van der Waals surface area contributed by atoms with Crippen molar-refractivity contribution in [1.29, 1.82) is 5.26 Å². The van der Waals surface area contributed by atoms with E-state index in [4.69, 9.17) is 9.47 Å². The Morgan fingerprint density at radius 3 is 2.83 bits per heavy atom. The number of anilines is 1. The Balaban J connectivity index is 1.88. The first kappa shape index (κ1) is 14.7. The summed E-state index contributed by atoms with van der Waals surface area (Å²) >= 11 is 0. The third kappa shape index (κ3) is 3.01. The van der Waals surface area contributed by atoms with Gasteiger partial charge in [-0.3, -0.25) is 4.79 Å². The fraction of sp³-hybridized carbons (Fsp3) is 0.111. The molecule has 0 aliphatic carbocycles. The number of carbonyl (C=O) groups excluding carboxylic acids is 1. The van der Waals surface area contributed by atoms with Gasteiger partial charge in [-0.15, -0.1) is 0 Å². The van der Waals surface area contributed by atoms with Crippen molar-refractivity contribution in [2.24, 2.45) is 0 Å². The normalized spacial score (nSPS) is 12.6. The minimum absolute atomic E-state index is 0.00264. The second kappa shape index (κ2) is 6.24. The molecule has 114 valence electrons. The molecule has 0 unspecified atom stereocenters. The third-order valence-electron chi connectivity index (χ3n) is 3.49. The van der Waals surface area contributed by atoms with Crippen LogP contribution >= 0.6 is 0 Å². The highest BCUT2D eigenvalue weighted by molar-refractivity contribution is 6.10. The molecule has 2 aromatic rings. The second-order valence-electron chi connectivity index (χ2n) is 5.02. The second-order valence-corrected chi connectivity index (χ2v) is 5.02. The average Bonchev–Trinajstić information content (AvgIpc) is 3.04. The fourth-order valence-electron chi connectivity index (χ4n) is 2.27. The van der Waals surface area contributed by atoms with Crippen molar-refractivity contribution >= 4 is 17.7 Å². The highest BCUT2D eigenvalue weighted by Gasteiger charge is 2.18. The number of ether oxygens (including phenoxy) is 2. The van der Waals surface area contributed by atoms with Crippen molar-refractivity contribution < 1.29 is 14.3 Å². The average molecular weight is 306 g/mol. The number of rotatable bonds is 3. The molecule has 0 radical (unpaired) electrons. The zero-order valence-corrected chi connectivity index (χ0v) is 12.5. The van der Waals surface area contributed by atoms with E-state index in [0.29, 0.717) is 22.7 Å². The predicted octanol–water partition coefficient (Wildman–Crippen LogP) is 3.27. The van der Waals surface area contributed by atoms with E-state index in [0.717, 1.165) is 5.56 Å². The van der Waals surface area contributed by atoms with Gasteiger partial charge in [0, 0.05) is 11.3 Å². The van der Waals surface area contributed by atoms with Gasteiger partial charge in [0.1, 0.15) is 11.6 Å². The van der Waals surface area contributed by atoms with E-state index >= 15 is 0 Å². The number of para-hydroxylation sites is 2. The highest BCUT2D eigenvalue weighted by atomic mass is 16.7. The van der Waals surface area contributed by atoms with Crippen LogP contribution in [0.25, 0.3) is 6.08 Å². The molecule has 0 saturated heterocycles. The number of fused-ring (bicyclic) bond motifs is 1. The van der Waals surface area contributed by atoms with Gasteiger partial charge in [-0.2, -0.15) is 5.26 Å². The standard InChI is InChI=1S/C18H14N2O3/c1-12-5-2-3-7-15(12)20-18(21)14(10-19)9-13-6-4-8-16-17(13)23-11-22-16/h2-9H,11H2,1H3,(H,20,21). The summed E-state index contributed by atoms with van der Waals surface area (Å²) in [5, 5.41) is 12.0. The van der Waals surface area contributed by atoms with E-state index in [1.807, 2.05) is 31.2 Å². The summed E-state index contributed by atoms with van der Waals surface area (Å²) in [6, 6.07) is 14.7. The summed E-state index contributed by atoms with van der Waals surface area (Å²) in [4.78, 5) is 12.3. The van der Waals surface area contributed by atoms with E-state index in [1.165, 1.54) is 6.08 Å². The summed E-state index contributed by atoms with van der Waals surface area (Å²) in [6.07, 6.45) is 1.50. The fourth-order valence-corrected chi connectivity index (χ4v) is 2.27. The molecule has 0 atom stereocenters. The van der Waals surface area contributed by atoms with Gasteiger partial charge in [0.15, 0.2) is 11.5 Å². The molecule has 0 saturated carbocycles. The molecule has 1 amide bonds. The van der Waals surface area contributed by atoms with Crippen LogP contribution in [0.1, 0.15) is 11.1 Å². The van der Waals surface area contributed by atoms with Gasteiger partial charge < -0.3 is 14.8 Å². The molecule has 0 bridgehead atoms. The Labute approximate surface area is 133 Å². The number of nitriles is 1. The van der Waals surface area contributed by atoms with Crippen LogP contribution in [0.4, 0.5) is 5.69 Å². The maximum atomic E-state index is 12.3. The minimum Gasteiger partial charge on any atom is -0.454 e. The lowest BCUT2D eigenvalue weighted by Gasteiger charge is -2.07. The van der Waals surface area contributed by atoms with Crippen LogP contribution in [0.2, 0.25) is 0 Å². The lowest BCUT2D eigenvalue weighted by atomic mass is 10.1. The first-order valence-electron chi connectivity index (χ1n) is 7.06. The Bertz CT molecular complexity index is 834. The molecule has 1 N–H and O–H groups in total. The number of benzene rings is 2. The van der Waals surface area contributed by atoms with Crippen LogP contribution in [-0.2, 0) is 4.79 Å². The number of hydrogen-bond acceptors (Lipinski definition) is 4. The Hall–Kier alpha value is -3.26. The maximum absolute atomic E-state index is 12.3. The van der Waals surface area contributed by atoms with Gasteiger partial charge in [0.05, 0.1) is 0 Å². The molecule has 0 fully saturated rings. The van der Waals surface area contributed by atoms with Crippen LogP contribution in [0.5, 0.6) is 11.5 Å². The van der Waals surface area contributed by atoms with Gasteiger partial charge in [0.2, 0.25) is 6.79 Å². The van der Waals surface area contributed by atoms with Crippen molar-refractivity contribution in [3.05, 3.63) is 59.2 Å². The topological polar surface area (TPSA) is 71.4 Å². The molecule has 0 aromatic heterocycles. The number of aryl methyl sites for hydroxylation is 1. The molecular formula is C18H14N2O3. The molecule has 2 aromatic carbocycles. The molecule has 3 rings (SSSR count). The first-order valence-corrected chi connectivity index (χ1v) is 7.06. The first-order chi connectivity index (χ1) is 11.2. The van der Waals surface area contributed by atoms with Crippen LogP contribution in [0.15, 0.2) is 48.0 Å². The lowest BCUT2D eigenvalue weighted by Crippen LogP contribution is -2.14. The van der Waals surface area contributed by atoms with E-state index in [9.17, 15) is 10.1 Å². The van der Waals surface area contributed by atoms with Gasteiger partial charge in [0.25, 0.3) is 5.91 Å². The van der Waals surface area contributed by atoms with Gasteiger partial charge in [-0.05, 0) is 30.7 Å². The Morgan fingerprint density at radius 2 is 2.04 bits per heavy atom. The van der Waals surface area contributed by atoms with E-state index in [1.54, 1.807) is 24.3 Å². The van der Waals surface area contributed by atoms with E-state index in [2.05, 4.69) is 5.32 Å². The van der Waals surface area contributed by atoms with Crippen molar-refractivity contribution in [1.82, 2.24) is 0 Å². The van der Waals surface area contributed by atoms with Crippen LogP contribution in [0.3, 0.4) is 0 Å². The smallest absolute Gasteiger partial charge is 0.266 e. The van der Waals surface area contributed by atoms with Crippen LogP contribution in [0, 0.1) is 18.3 Å². The predicted molar refractivity (Wildman–Crippen MR) is 86.0 cm³/mol. The molecule has 1 heterocycles. The van der Waals surface area contributed by atoms with Crippen molar-refractivity contribution in [3.8, 4) is 17.6 Å². The summed E-state index contributed by atoms with van der Waals surface area (Å²) in [6.45, 7) is 2.03. The molecular weight excluding hydrogens is 292 g/mol. The molecule has 1 aliphatic rings. The monoisotopic (exact) mass is 306 g/mol. The summed E-state index contributed by atoms with van der Waals surface area (Å²) in [7, 11) is 0. The molecule has 0 spiro atoms. The zero-order chi connectivity index (χ0) is 16.2. The number of amides is 1. The van der Waals surface area contributed by atoms with Crippen LogP contribution < -0.4 is 14.8 Å². The number of nitrogens with zero attached hydrogens (tertiary/aromatic N) is 1. The number of nitrogens with one attached hydrogen (secondary N) is 1. The number of hydrogen-bond donors (Lipinski definition) is 1. The lowest BCUT2D eigenvalue weighted by molar-refractivity contribution is -0.112. The van der Waals surface area contributed by atoms with Crippen molar-refractivity contribution in [2.75, 3.05) is 12.1 Å². The van der Waals surface area contributed by atoms with Crippen molar-refractivity contribution in [2.45, 2.75) is 6.92 Å². The highest BCUT2D eigenvalue weighted by Crippen LogP contribution is 2.36. The van der Waals surface area contributed by atoms with Gasteiger partial charge >= 0.3 is 0 Å². The van der Waals surface area contributed by atoms with Crippen molar-refractivity contribution in [3.63, 3.8) is 0 Å². The van der Waals surface area contributed by atoms with E-state index < -0.39 is 5.91 Å². The van der Waals surface area contributed by atoms with Gasteiger partial charge in [-0.25, -0.2) is 0 Å². The largest absolute Gasteiger partial charge is 0.454 e. The third-order valence-corrected chi connectivity index (χ3v) is 3.49. The minimum atomic E-state index is -0.460. The zero-order valence-electron chi connectivity index (χ0n) is 12.5.